The van der Waals surface area contributed by atoms with Gasteiger partial charge in [0.15, 0.2) is 0 Å². The predicted molar refractivity (Wildman–Crippen MR) is 69.2 cm³/mol. The Kier molecular flexibility index (Phi) is 4.17. The van der Waals surface area contributed by atoms with E-state index in [0.717, 1.165) is 17.4 Å². The zero-order valence-electron chi connectivity index (χ0n) is 10.4. The maximum atomic E-state index is 13.8. The second kappa shape index (κ2) is 5.67. The van der Waals surface area contributed by atoms with Crippen LogP contribution in [0.2, 0.25) is 5.02 Å². The molecule has 0 aromatic heterocycles. The number of Topliss-reactive ketones (excluding diaryl/α,β-unsaturated/α-hetero) is 1. The summed E-state index contributed by atoms with van der Waals surface area (Å²) in [5, 5.41) is 0.0896. The number of nitrogens with zero attached hydrogens (tertiary/aromatic N) is 1. The summed E-state index contributed by atoms with van der Waals surface area (Å²) in [7, 11) is 0. The summed E-state index contributed by atoms with van der Waals surface area (Å²) >= 11 is 5.85. The van der Waals surface area contributed by atoms with Crippen molar-refractivity contribution in [2.75, 3.05) is 24.7 Å². The number of carbonyl (C=O) groups excluding carboxylic acids is 2. The molecule has 0 fully saturated rings. The van der Waals surface area contributed by atoms with Crippen LogP contribution in [-0.2, 0) is 9.53 Å². The van der Waals surface area contributed by atoms with Crippen molar-refractivity contribution in [2.45, 2.75) is 13.3 Å². The molecule has 0 saturated heterocycles. The first kappa shape index (κ1) is 14.0. The third-order valence-electron chi connectivity index (χ3n) is 2.82. The number of hydrogen-bond acceptors (Lipinski definition) is 3. The van der Waals surface area contributed by atoms with Gasteiger partial charge in [-0.05, 0) is 18.6 Å². The van der Waals surface area contributed by atoms with Gasteiger partial charge in [0.1, 0.15) is 5.82 Å². The number of benzene rings is 1. The minimum absolute atomic E-state index is 0.0393. The largest absolute Gasteiger partial charge is 0.380 e. The Balaban J connectivity index is 2.26. The number of hydrogen-bond donors (Lipinski definition) is 0. The highest BCUT2D eigenvalue weighted by Crippen LogP contribution is 2.36. The standard InChI is InChI=1S/C13H13ClFNO3/c1-2-6-19-7-5-16-11-9(15)4-3-8(14)10(11)12(17)13(16)18/h3-4H,2,5-7H2,1H3. The van der Waals surface area contributed by atoms with Crippen LogP contribution in [0.3, 0.4) is 0 Å². The van der Waals surface area contributed by atoms with Crippen molar-refractivity contribution in [3.05, 3.63) is 28.5 Å². The fourth-order valence-electron chi connectivity index (χ4n) is 1.97. The van der Waals surface area contributed by atoms with Crippen molar-refractivity contribution in [3.63, 3.8) is 0 Å². The van der Waals surface area contributed by atoms with Crippen LogP contribution in [0.1, 0.15) is 23.7 Å². The Morgan fingerprint density at radius 2 is 2.05 bits per heavy atom. The molecule has 1 aliphatic rings. The molecule has 1 aromatic rings. The molecule has 0 bridgehead atoms. The van der Waals surface area contributed by atoms with Crippen molar-refractivity contribution in [2.24, 2.45) is 0 Å². The lowest BCUT2D eigenvalue weighted by Crippen LogP contribution is -2.33. The van der Waals surface area contributed by atoms with Crippen LogP contribution in [0.5, 0.6) is 0 Å². The number of ether oxygens (including phenoxy) is 1. The smallest absolute Gasteiger partial charge is 0.299 e. The fraction of sp³-hybridized carbons (Fsp3) is 0.385. The number of anilines is 1. The third kappa shape index (κ3) is 2.48. The van der Waals surface area contributed by atoms with E-state index in [1.165, 1.54) is 6.07 Å². The molecule has 102 valence electrons. The molecule has 19 heavy (non-hydrogen) atoms. The molecule has 6 heteroatoms. The second-order valence-corrected chi connectivity index (χ2v) is 4.56. The van der Waals surface area contributed by atoms with Gasteiger partial charge < -0.3 is 4.74 Å². The van der Waals surface area contributed by atoms with Gasteiger partial charge in [-0.25, -0.2) is 4.39 Å². The van der Waals surface area contributed by atoms with Gasteiger partial charge in [-0.1, -0.05) is 18.5 Å². The Morgan fingerprint density at radius 1 is 1.32 bits per heavy atom. The van der Waals surface area contributed by atoms with Crippen LogP contribution >= 0.6 is 11.6 Å². The lowest BCUT2D eigenvalue weighted by atomic mass is 10.1. The van der Waals surface area contributed by atoms with E-state index in [0.29, 0.717) is 6.61 Å². The van der Waals surface area contributed by atoms with Crippen LogP contribution in [0.25, 0.3) is 0 Å². The van der Waals surface area contributed by atoms with E-state index >= 15 is 0 Å². The highest BCUT2D eigenvalue weighted by Gasteiger charge is 2.39. The third-order valence-corrected chi connectivity index (χ3v) is 3.14. The molecule has 1 aromatic carbocycles. The Hall–Kier alpha value is -1.46. The van der Waals surface area contributed by atoms with Gasteiger partial charge in [0.2, 0.25) is 0 Å². The van der Waals surface area contributed by atoms with E-state index in [1.54, 1.807) is 0 Å². The van der Waals surface area contributed by atoms with Gasteiger partial charge in [-0.3, -0.25) is 14.5 Å². The van der Waals surface area contributed by atoms with E-state index in [-0.39, 0.29) is 29.4 Å². The van der Waals surface area contributed by atoms with Crippen LogP contribution in [0.15, 0.2) is 12.1 Å². The molecule has 0 spiro atoms. The van der Waals surface area contributed by atoms with Crippen molar-refractivity contribution in [1.82, 2.24) is 0 Å². The monoisotopic (exact) mass is 285 g/mol. The molecular weight excluding hydrogens is 273 g/mol. The molecular formula is C13H13ClFNO3. The van der Waals surface area contributed by atoms with Crippen LogP contribution in [0.4, 0.5) is 10.1 Å². The first-order chi connectivity index (χ1) is 9.07. The zero-order chi connectivity index (χ0) is 14.0. The molecule has 0 aliphatic carbocycles. The summed E-state index contributed by atoms with van der Waals surface area (Å²) < 4.78 is 19.1. The average molecular weight is 286 g/mol. The highest BCUT2D eigenvalue weighted by molar-refractivity contribution is 6.55. The fourth-order valence-corrected chi connectivity index (χ4v) is 2.21. The van der Waals surface area contributed by atoms with Crippen LogP contribution in [-0.4, -0.2) is 31.4 Å². The average Bonchev–Trinajstić information content (AvgIpc) is 2.65. The summed E-state index contributed by atoms with van der Waals surface area (Å²) in [4.78, 5) is 24.7. The summed E-state index contributed by atoms with van der Waals surface area (Å²) in [6, 6.07) is 2.42. The Bertz CT molecular complexity index is 533. The van der Waals surface area contributed by atoms with E-state index in [1.807, 2.05) is 6.92 Å². The van der Waals surface area contributed by atoms with Gasteiger partial charge in [-0.2, -0.15) is 0 Å². The number of halogens is 2. The van der Waals surface area contributed by atoms with E-state index in [2.05, 4.69) is 0 Å². The zero-order valence-corrected chi connectivity index (χ0v) is 11.2. The Labute approximate surface area is 115 Å². The minimum atomic E-state index is -0.769. The summed E-state index contributed by atoms with van der Waals surface area (Å²) in [6.45, 7) is 2.90. The van der Waals surface area contributed by atoms with E-state index in [9.17, 15) is 14.0 Å². The Morgan fingerprint density at radius 3 is 2.74 bits per heavy atom. The second-order valence-electron chi connectivity index (χ2n) is 4.15. The van der Waals surface area contributed by atoms with Gasteiger partial charge in [0, 0.05) is 13.2 Å². The quantitative estimate of drug-likeness (QED) is 0.617. The predicted octanol–water partition coefficient (Wildman–Crippen LogP) is 2.44. The van der Waals surface area contributed by atoms with Gasteiger partial charge >= 0.3 is 0 Å². The van der Waals surface area contributed by atoms with Gasteiger partial charge in [0.25, 0.3) is 11.7 Å². The van der Waals surface area contributed by atoms with Gasteiger partial charge in [0.05, 0.1) is 22.9 Å². The van der Waals surface area contributed by atoms with Crippen LogP contribution in [0, 0.1) is 5.82 Å². The number of carbonyl (C=O) groups is 2. The summed E-state index contributed by atoms with van der Waals surface area (Å²) in [5.74, 6) is -2.16. The number of fused-ring (bicyclic) bond motifs is 1. The molecule has 0 atom stereocenters. The van der Waals surface area contributed by atoms with Crippen molar-refractivity contribution in [1.29, 1.82) is 0 Å². The van der Waals surface area contributed by atoms with Crippen molar-refractivity contribution < 1.29 is 18.7 Å². The first-order valence-electron chi connectivity index (χ1n) is 5.99. The molecule has 0 saturated carbocycles. The van der Waals surface area contributed by atoms with E-state index < -0.39 is 17.5 Å². The van der Waals surface area contributed by atoms with Crippen LogP contribution < -0.4 is 4.90 Å². The van der Waals surface area contributed by atoms with Crippen molar-refractivity contribution in [3.8, 4) is 0 Å². The van der Waals surface area contributed by atoms with E-state index in [4.69, 9.17) is 16.3 Å². The number of amides is 1. The molecule has 1 aliphatic heterocycles. The maximum absolute atomic E-state index is 13.8. The lowest BCUT2D eigenvalue weighted by Gasteiger charge is -2.17. The highest BCUT2D eigenvalue weighted by atomic mass is 35.5. The first-order valence-corrected chi connectivity index (χ1v) is 6.37. The summed E-state index contributed by atoms with van der Waals surface area (Å²) in [6.07, 6.45) is 0.851. The molecule has 0 N–H and O–H groups in total. The topological polar surface area (TPSA) is 46.6 Å². The molecule has 1 amide bonds. The number of ketones is 1. The maximum Gasteiger partial charge on any atom is 0.299 e. The molecule has 1 heterocycles. The minimum Gasteiger partial charge on any atom is -0.380 e. The molecule has 0 radical (unpaired) electrons. The van der Waals surface area contributed by atoms with Gasteiger partial charge in [-0.15, -0.1) is 0 Å². The SMILES string of the molecule is CCCOCCN1C(=O)C(=O)c2c(Cl)ccc(F)c21. The molecule has 4 nitrogen and oxygen atoms in total. The summed E-state index contributed by atoms with van der Waals surface area (Å²) in [5.41, 5.74) is -0.0928. The molecule has 2 rings (SSSR count). The molecule has 0 unspecified atom stereocenters. The lowest BCUT2D eigenvalue weighted by molar-refractivity contribution is -0.114. The van der Waals surface area contributed by atoms with Crippen molar-refractivity contribution >= 4 is 29.0 Å². The number of rotatable bonds is 5. The normalized spacial score (nSPS) is 14.2.